The molecule has 0 amide bonds. The monoisotopic (exact) mass is 104 g/mol. The quantitative estimate of drug-likeness (QED) is 0.309. The van der Waals surface area contributed by atoms with Crippen molar-refractivity contribution in [2.75, 3.05) is 6.61 Å². The SMILES string of the molecule is OCC/C=C/OO. The molecule has 2 N–H and O–H groups in total. The molecular weight excluding hydrogens is 96.0 g/mol. The molecule has 42 valence electrons. The van der Waals surface area contributed by atoms with Crippen LogP contribution in [0, 0.1) is 0 Å². The molecule has 0 aromatic carbocycles. The zero-order valence-corrected chi connectivity index (χ0v) is 3.87. The molecule has 0 aromatic rings. The molecule has 0 rings (SSSR count). The maximum absolute atomic E-state index is 8.10. The van der Waals surface area contributed by atoms with Gasteiger partial charge in [0.1, 0.15) is 6.26 Å². The fourth-order valence-electron chi connectivity index (χ4n) is 0.186. The first-order valence-electron chi connectivity index (χ1n) is 1.98. The standard InChI is InChI=1S/C4H8O3/c5-3-1-2-4-7-6/h2,4-6H,1,3H2/b4-2+. The highest BCUT2D eigenvalue weighted by Gasteiger charge is 1.70. The van der Waals surface area contributed by atoms with E-state index in [2.05, 4.69) is 4.89 Å². The molecule has 0 aliphatic heterocycles. The average molecular weight is 104 g/mol. The van der Waals surface area contributed by atoms with Gasteiger partial charge in [-0.25, -0.2) is 5.26 Å². The zero-order chi connectivity index (χ0) is 5.54. The van der Waals surface area contributed by atoms with Crippen molar-refractivity contribution in [3.63, 3.8) is 0 Å². The predicted molar refractivity (Wildman–Crippen MR) is 24.6 cm³/mol. The first-order chi connectivity index (χ1) is 3.41. The summed E-state index contributed by atoms with van der Waals surface area (Å²) in [5, 5.41) is 15.7. The fourth-order valence-corrected chi connectivity index (χ4v) is 0.186. The number of aliphatic hydroxyl groups excluding tert-OH is 1. The van der Waals surface area contributed by atoms with Crippen molar-refractivity contribution in [3.8, 4) is 0 Å². The van der Waals surface area contributed by atoms with Gasteiger partial charge in [-0.05, 0) is 12.5 Å². The molecule has 3 heteroatoms. The van der Waals surface area contributed by atoms with Gasteiger partial charge in [0, 0.05) is 6.61 Å². The second-order valence-corrected chi connectivity index (χ2v) is 0.989. The zero-order valence-electron chi connectivity index (χ0n) is 3.87. The van der Waals surface area contributed by atoms with Crippen LogP contribution in [0.2, 0.25) is 0 Å². The summed E-state index contributed by atoms with van der Waals surface area (Å²) in [6.45, 7) is 0.0832. The van der Waals surface area contributed by atoms with Crippen LogP contribution in [0.5, 0.6) is 0 Å². The molecule has 0 heterocycles. The van der Waals surface area contributed by atoms with E-state index in [4.69, 9.17) is 10.4 Å². The summed E-state index contributed by atoms with van der Waals surface area (Å²) in [4.78, 5) is 3.55. The highest BCUT2D eigenvalue weighted by Crippen LogP contribution is 1.77. The Balaban J connectivity index is 2.78. The Kier molecular flexibility index (Phi) is 5.04. The normalized spacial score (nSPS) is 10.0. The summed E-state index contributed by atoms with van der Waals surface area (Å²) in [6, 6.07) is 0. The predicted octanol–water partition coefficient (Wildman–Crippen LogP) is 0.372. The Hall–Kier alpha value is -0.540. The largest absolute Gasteiger partial charge is 0.396 e. The summed E-state index contributed by atoms with van der Waals surface area (Å²) >= 11 is 0. The third kappa shape index (κ3) is 5.46. The lowest BCUT2D eigenvalue weighted by molar-refractivity contribution is -0.186. The van der Waals surface area contributed by atoms with Crippen LogP contribution in [0.1, 0.15) is 6.42 Å². The summed E-state index contributed by atoms with van der Waals surface area (Å²) in [5.74, 6) is 0. The maximum atomic E-state index is 8.10. The van der Waals surface area contributed by atoms with Crippen molar-refractivity contribution in [3.05, 3.63) is 12.3 Å². The Labute approximate surface area is 41.8 Å². The second-order valence-electron chi connectivity index (χ2n) is 0.989. The minimum absolute atomic E-state index is 0.0832. The fraction of sp³-hybridized carbons (Fsp3) is 0.500. The summed E-state index contributed by atoms with van der Waals surface area (Å²) in [6.07, 6.45) is 3.14. The molecule has 0 aliphatic carbocycles. The van der Waals surface area contributed by atoms with Gasteiger partial charge in [-0.15, -0.1) is 0 Å². The molecular formula is C4H8O3. The van der Waals surface area contributed by atoms with Crippen LogP contribution < -0.4 is 0 Å². The molecule has 0 aromatic heterocycles. The van der Waals surface area contributed by atoms with E-state index in [1.807, 2.05) is 0 Å². The van der Waals surface area contributed by atoms with Gasteiger partial charge >= 0.3 is 0 Å². The lowest BCUT2D eigenvalue weighted by atomic mass is 10.5. The summed E-state index contributed by atoms with van der Waals surface area (Å²) in [7, 11) is 0. The van der Waals surface area contributed by atoms with Gasteiger partial charge in [0.05, 0.1) is 0 Å². The number of hydrogen-bond acceptors (Lipinski definition) is 3. The minimum Gasteiger partial charge on any atom is -0.396 e. The topological polar surface area (TPSA) is 49.7 Å². The van der Waals surface area contributed by atoms with Gasteiger partial charge < -0.3 is 9.99 Å². The average Bonchev–Trinajstić information content (AvgIpc) is 1.69. The molecule has 7 heavy (non-hydrogen) atoms. The van der Waals surface area contributed by atoms with Crippen molar-refractivity contribution in [1.29, 1.82) is 0 Å². The summed E-state index contributed by atoms with van der Waals surface area (Å²) < 4.78 is 0. The highest BCUT2D eigenvalue weighted by molar-refractivity contribution is 4.70. The van der Waals surface area contributed by atoms with Crippen molar-refractivity contribution < 1.29 is 15.3 Å². The second kappa shape index (κ2) is 5.46. The van der Waals surface area contributed by atoms with Gasteiger partial charge in [0.25, 0.3) is 0 Å². The number of aliphatic hydroxyl groups is 1. The summed E-state index contributed by atoms with van der Waals surface area (Å²) in [5.41, 5.74) is 0. The molecule has 0 radical (unpaired) electrons. The van der Waals surface area contributed by atoms with Crippen LogP contribution >= 0.6 is 0 Å². The van der Waals surface area contributed by atoms with E-state index in [1.54, 1.807) is 0 Å². The van der Waals surface area contributed by atoms with E-state index < -0.39 is 0 Å². The van der Waals surface area contributed by atoms with Crippen LogP contribution in [0.3, 0.4) is 0 Å². The van der Waals surface area contributed by atoms with E-state index in [0.717, 1.165) is 6.26 Å². The third-order valence-corrected chi connectivity index (χ3v) is 0.453. The molecule has 0 spiro atoms. The van der Waals surface area contributed by atoms with Gasteiger partial charge in [-0.3, -0.25) is 0 Å². The molecule has 0 bridgehead atoms. The molecule has 0 fully saturated rings. The van der Waals surface area contributed by atoms with E-state index in [-0.39, 0.29) is 6.61 Å². The smallest absolute Gasteiger partial charge is 0.125 e. The highest BCUT2D eigenvalue weighted by atomic mass is 17.1. The van der Waals surface area contributed by atoms with Crippen LogP contribution in [0.4, 0.5) is 0 Å². The van der Waals surface area contributed by atoms with Gasteiger partial charge in [0.15, 0.2) is 0 Å². The van der Waals surface area contributed by atoms with Gasteiger partial charge in [-0.2, -0.15) is 0 Å². The van der Waals surface area contributed by atoms with Crippen molar-refractivity contribution in [1.82, 2.24) is 0 Å². The van der Waals surface area contributed by atoms with Gasteiger partial charge in [-0.1, -0.05) is 0 Å². The lowest BCUT2D eigenvalue weighted by Gasteiger charge is -1.81. The minimum atomic E-state index is 0.0832. The maximum Gasteiger partial charge on any atom is 0.125 e. The van der Waals surface area contributed by atoms with E-state index in [1.165, 1.54) is 6.08 Å². The van der Waals surface area contributed by atoms with Crippen LogP contribution in [0.25, 0.3) is 0 Å². The van der Waals surface area contributed by atoms with Gasteiger partial charge in [0.2, 0.25) is 0 Å². The van der Waals surface area contributed by atoms with Crippen molar-refractivity contribution >= 4 is 0 Å². The molecule has 0 saturated heterocycles. The Bertz CT molecular complexity index is 50.9. The van der Waals surface area contributed by atoms with E-state index >= 15 is 0 Å². The molecule has 0 saturated carbocycles. The Morgan fingerprint density at radius 1 is 1.57 bits per heavy atom. The number of rotatable bonds is 3. The van der Waals surface area contributed by atoms with Crippen molar-refractivity contribution in [2.45, 2.75) is 6.42 Å². The van der Waals surface area contributed by atoms with Crippen LogP contribution in [-0.4, -0.2) is 17.0 Å². The Morgan fingerprint density at radius 2 is 2.29 bits per heavy atom. The molecule has 0 aliphatic rings. The Morgan fingerprint density at radius 3 is 2.71 bits per heavy atom. The molecule has 0 unspecified atom stereocenters. The number of hydrogen-bond donors (Lipinski definition) is 2. The molecule has 0 atom stereocenters. The van der Waals surface area contributed by atoms with Crippen LogP contribution in [-0.2, 0) is 4.89 Å². The van der Waals surface area contributed by atoms with Crippen molar-refractivity contribution in [2.24, 2.45) is 0 Å². The van der Waals surface area contributed by atoms with E-state index in [9.17, 15) is 0 Å². The first kappa shape index (κ1) is 6.46. The van der Waals surface area contributed by atoms with E-state index in [0.29, 0.717) is 6.42 Å². The lowest BCUT2D eigenvalue weighted by Crippen LogP contribution is -1.75. The third-order valence-electron chi connectivity index (χ3n) is 0.453. The molecule has 3 nitrogen and oxygen atoms in total. The van der Waals surface area contributed by atoms with Crippen LogP contribution in [0.15, 0.2) is 12.3 Å². The first-order valence-corrected chi connectivity index (χ1v) is 1.98.